The number of amides is 3. The molecule has 0 unspecified atom stereocenters. The van der Waals surface area contributed by atoms with E-state index in [2.05, 4.69) is 34.9 Å². The molecule has 3 aromatic rings. The monoisotopic (exact) mass is 541 g/mol. The number of anilines is 1. The number of rotatable bonds is 8. The Morgan fingerprint density at radius 2 is 1.57 bits per heavy atom. The molecule has 3 N–H and O–H groups in total. The number of carbonyl (C=O) groups excluding carboxylic acids is 3. The van der Waals surface area contributed by atoms with Crippen molar-refractivity contribution >= 4 is 23.6 Å². The van der Waals surface area contributed by atoms with E-state index in [9.17, 15) is 19.5 Å². The number of hydrogen-bond donors (Lipinski definition) is 3. The minimum Gasteiger partial charge on any atom is -0.448 e. The molecule has 8 nitrogen and oxygen atoms in total. The van der Waals surface area contributed by atoms with Crippen LogP contribution in [-0.2, 0) is 20.9 Å². The summed E-state index contributed by atoms with van der Waals surface area (Å²) >= 11 is 0. The molecule has 0 spiro atoms. The summed E-state index contributed by atoms with van der Waals surface area (Å²) in [5, 5.41) is 14.9. The van der Waals surface area contributed by atoms with E-state index < -0.39 is 18.2 Å². The molecule has 0 bridgehead atoms. The van der Waals surface area contributed by atoms with Crippen molar-refractivity contribution in [2.75, 3.05) is 18.5 Å². The van der Waals surface area contributed by atoms with Crippen LogP contribution in [0.2, 0.25) is 0 Å². The predicted octanol–water partition coefficient (Wildman–Crippen LogP) is 4.67. The van der Waals surface area contributed by atoms with Gasteiger partial charge >= 0.3 is 6.09 Å². The molecule has 1 fully saturated rings. The van der Waals surface area contributed by atoms with Gasteiger partial charge in [0.1, 0.15) is 18.7 Å². The number of aliphatic hydroxyl groups is 1. The van der Waals surface area contributed by atoms with E-state index in [4.69, 9.17) is 4.74 Å². The van der Waals surface area contributed by atoms with E-state index >= 15 is 0 Å². The Labute approximate surface area is 234 Å². The van der Waals surface area contributed by atoms with E-state index in [1.807, 2.05) is 38.1 Å². The maximum atomic E-state index is 13.3. The van der Waals surface area contributed by atoms with Gasteiger partial charge in [-0.1, -0.05) is 74.5 Å². The molecule has 1 aliphatic heterocycles. The molecule has 2 atom stereocenters. The van der Waals surface area contributed by atoms with Gasteiger partial charge in [-0.2, -0.15) is 0 Å². The Balaban J connectivity index is 1.22. The first-order chi connectivity index (χ1) is 19.4. The molecule has 208 valence electrons. The minimum atomic E-state index is -0.782. The molecule has 0 aromatic heterocycles. The van der Waals surface area contributed by atoms with Gasteiger partial charge in [0.25, 0.3) is 0 Å². The summed E-state index contributed by atoms with van der Waals surface area (Å²) in [5.74, 6) is -0.946. The molecule has 8 heteroatoms. The van der Waals surface area contributed by atoms with Crippen molar-refractivity contribution in [3.05, 3.63) is 89.5 Å². The zero-order valence-corrected chi connectivity index (χ0v) is 22.8. The van der Waals surface area contributed by atoms with E-state index in [0.717, 1.165) is 27.8 Å². The lowest BCUT2D eigenvalue weighted by atomic mass is 9.98. The third-order valence-corrected chi connectivity index (χ3v) is 7.78. The zero-order chi connectivity index (χ0) is 28.2. The van der Waals surface area contributed by atoms with Crippen LogP contribution in [0.25, 0.3) is 11.1 Å². The van der Waals surface area contributed by atoms with Crippen molar-refractivity contribution in [3.63, 3.8) is 0 Å². The summed E-state index contributed by atoms with van der Waals surface area (Å²) in [4.78, 5) is 41.1. The Morgan fingerprint density at radius 3 is 2.17 bits per heavy atom. The third-order valence-electron chi connectivity index (χ3n) is 7.78. The fourth-order valence-electron chi connectivity index (χ4n) is 5.63. The van der Waals surface area contributed by atoms with Crippen LogP contribution in [0.4, 0.5) is 10.5 Å². The normalized spacial score (nSPS) is 16.8. The first kappa shape index (κ1) is 27.4. The van der Waals surface area contributed by atoms with Crippen LogP contribution in [0.5, 0.6) is 0 Å². The van der Waals surface area contributed by atoms with Crippen LogP contribution in [0, 0.1) is 5.92 Å². The highest BCUT2D eigenvalue weighted by molar-refractivity contribution is 5.98. The average molecular weight is 542 g/mol. The number of carbonyl (C=O) groups is 3. The van der Waals surface area contributed by atoms with Gasteiger partial charge in [0.05, 0.1) is 6.61 Å². The fraction of sp³-hybridized carbons (Fsp3) is 0.344. The highest BCUT2D eigenvalue weighted by Crippen LogP contribution is 2.44. The van der Waals surface area contributed by atoms with Crippen LogP contribution in [0.3, 0.4) is 0 Å². The average Bonchev–Trinajstić information content (AvgIpc) is 3.58. The molecular weight excluding hydrogens is 506 g/mol. The summed E-state index contributed by atoms with van der Waals surface area (Å²) in [6.07, 6.45) is 0.664. The van der Waals surface area contributed by atoms with Gasteiger partial charge in [0.15, 0.2) is 0 Å². The molecule has 1 heterocycles. The van der Waals surface area contributed by atoms with Gasteiger partial charge in [-0.05, 0) is 58.7 Å². The second-order valence-corrected chi connectivity index (χ2v) is 10.7. The van der Waals surface area contributed by atoms with Gasteiger partial charge in [0.2, 0.25) is 11.8 Å². The van der Waals surface area contributed by atoms with Gasteiger partial charge in [0, 0.05) is 18.2 Å². The number of likely N-dealkylation sites (tertiary alicyclic amines) is 1. The van der Waals surface area contributed by atoms with Gasteiger partial charge < -0.3 is 20.5 Å². The topological polar surface area (TPSA) is 108 Å². The highest BCUT2D eigenvalue weighted by atomic mass is 16.6. The molecule has 0 radical (unpaired) electrons. The van der Waals surface area contributed by atoms with E-state index in [0.29, 0.717) is 25.1 Å². The minimum absolute atomic E-state index is 0.0632. The van der Waals surface area contributed by atoms with Gasteiger partial charge in [-0.3, -0.25) is 14.5 Å². The number of aliphatic hydroxyl groups excluding tert-OH is 1. The van der Waals surface area contributed by atoms with Crippen LogP contribution in [-0.4, -0.2) is 53.1 Å². The van der Waals surface area contributed by atoms with Gasteiger partial charge in [-0.25, -0.2) is 4.79 Å². The van der Waals surface area contributed by atoms with Gasteiger partial charge in [-0.15, -0.1) is 0 Å². The molecule has 3 amide bonds. The van der Waals surface area contributed by atoms with Crippen molar-refractivity contribution in [1.82, 2.24) is 10.2 Å². The lowest BCUT2D eigenvalue weighted by Crippen LogP contribution is -2.53. The van der Waals surface area contributed by atoms with Crippen LogP contribution < -0.4 is 10.6 Å². The largest absolute Gasteiger partial charge is 0.448 e. The number of fused-ring (bicyclic) bond motifs is 3. The molecule has 0 saturated carbocycles. The predicted molar refractivity (Wildman–Crippen MR) is 153 cm³/mol. The van der Waals surface area contributed by atoms with Crippen molar-refractivity contribution in [2.24, 2.45) is 5.92 Å². The Kier molecular flexibility index (Phi) is 8.16. The summed E-state index contributed by atoms with van der Waals surface area (Å²) in [7, 11) is 0. The van der Waals surface area contributed by atoms with Crippen molar-refractivity contribution < 1.29 is 24.2 Å². The lowest BCUT2D eigenvalue weighted by molar-refractivity contribution is -0.130. The number of ether oxygens (including phenoxy) is 1. The summed E-state index contributed by atoms with van der Waals surface area (Å²) in [6.45, 7) is 4.24. The quantitative estimate of drug-likeness (QED) is 0.384. The maximum Gasteiger partial charge on any atom is 0.410 e. The Bertz CT molecular complexity index is 1340. The molecule has 5 rings (SSSR count). The lowest BCUT2D eigenvalue weighted by Gasteiger charge is -2.27. The van der Waals surface area contributed by atoms with Crippen molar-refractivity contribution in [2.45, 2.75) is 51.3 Å². The first-order valence-electron chi connectivity index (χ1n) is 13.8. The van der Waals surface area contributed by atoms with Crippen molar-refractivity contribution in [3.8, 4) is 11.1 Å². The van der Waals surface area contributed by atoms with E-state index in [1.165, 1.54) is 4.90 Å². The molecular formula is C32H35N3O5. The first-order valence-corrected chi connectivity index (χ1v) is 13.8. The maximum absolute atomic E-state index is 13.3. The number of benzene rings is 3. The van der Waals surface area contributed by atoms with E-state index in [-0.39, 0.29) is 36.9 Å². The number of hydrogen-bond acceptors (Lipinski definition) is 5. The molecule has 40 heavy (non-hydrogen) atoms. The summed E-state index contributed by atoms with van der Waals surface area (Å²) in [5.41, 5.74) is 5.87. The summed E-state index contributed by atoms with van der Waals surface area (Å²) in [6, 6.07) is 21.7. The van der Waals surface area contributed by atoms with Crippen molar-refractivity contribution in [1.29, 1.82) is 0 Å². The molecule has 1 aliphatic carbocycles. The van der Waals surface area contributed by atoms with E-state index in [1.54, 1.807) is 24.3 Å². The summed E-state index contributed by atoms with van der Waals surface area (Å²) < 4.78 is 5.81. The SMILES string of the molecule is CC(C)[C@H](NC(=O)[C@@H]1CCCN1C(=O)OCC1c2ccccc2-c2ccccc21)C(=O)Nc1ccc(CO)cc1. The Hall–Kier alpha value is -4.17. The smallest absolute Gasteiger partial charge is 0.410 e. The second-order valence-electron chi connectivity index (χ2n) is 10.7. The third kappa shape index (κ3) is 5.58. The molecule has 2 aliphatic rings. The fourth-order valence-corrected chi connectivity index (χ4v) is 5.63. The second kappa shape index (κ2) is 11.9. The zero-order valence-electron chi connectivity index (χ0n) is 22.8. The highest BCUT2D eigenvalue weighted by Gasteiger charge is 2.38. The molecule has 1 saturated heterocycles. The van der Waals surface area contributed by atoms with Crippen LogP contribution >= 0.6 is 0 Å². The Morgan fingerprint density at radius 1 is 0.950 bits per heavy atom. The molecule has 3 aromatic carbocycles. The van der Waals surface area contributed by atoms with Crippen LogP contribution in [0.15, 0.2) is 72.8 Å². The standard InChI is InChI=1S/C32H35N3O5/c1-20(2)29(31(38)33-22-15-13-21(18-36)14-16-22)34-30(37)28-12-7-17-35(28)32(39)40-19-27-25-10-5-3-8-23(25)24-9-4-6-11-26(24)27/h3-6,8-11,13-16,20,27-29,36H,7,12,17-19H2,1-2H3,(H,33,38)(H,34,37)/t28-,29-/m0/s1. The number of nitrogens with zero attached hydrogens (tertiary/aromatic N) is 1. The number of nitrogens with one attached hydrogen (secondary N) is 2. The van der Waals surface area contributed by atoms with Crippen LogP contribution in [0.1, 0.15) is 49.3 Å².